The van der Waals surface area contributed by atoms with E-state index in [1.165, 1.54) is 36.4 Å². The summed E-state index contributed by atoms with van der Waals surface area (Å²) < 4.78 is 51.3. The molecule has 0 atom stereocenters. The molecule has 2 heterocycles. The number of aromatic nitrogens is 1. The third kappa shape index (κ3) is 2.52. The smallest absolute Gasteiger partial charge is 0.279 e. The lowest BCUT2D eigenvalue weighted by Gasteiger charge is -2.16. The molecule has 3 aromatic rings. The van der Waals surface area contributed by atoms with Crippen molar-refractivity contribution < 1.29 is 16.8 Å². The third-order valence-corrected chi connectivity index (χ3v) is 8.28. The summed E-state index contributed by atoms with van der Waals surface area (Å²) in [6, 6.07) is 17.0. The average Bonchev–Trinajstić information content (AvgIpc) is 2.80. The van der Waals surface area contributed by atoms with E-state index >= 15 is 0 Å². The summed E-state index contributed by atoms with van der Waals surface area (Å²) in [5.41, 5.74) is 0.701. The Kier molecular flexibility index (Phi) is 3.70. The number of hydrogen-bond donors (Lipinski definition) is 1. The Balaban J connectivity index is 1.72. The fraction of sp³-hybridized carbons (Fsp3) is 0. The highest BCUT2D eigenvalue weighted by atomic mass is 32.3. The van der Waals surface area contributed by atoms with E-state index in [-0.39, 0.29) is 15.5 Å². The first-order valence-electron chi connectivity index (χ1n) is 7.58. The minimum absolute atomic E-state index is 0.0489. The highest BCUT2D eigenvalue weighted by Gasteiger charge is 2.47. The maximum atomic E-state index is 12.7. The molecule has 1 aliphatic rings. The van der Waals surface area contributed by atoms with Crippen LogP contribution < -0.4 is 9.03 Å². The van der Waals surface area contributed by atoms with Crippen LogP contribution in [0.2, 0.25) is 0 Å². The number of fused-ring (bicyclic) bond motifs is 1. The van der Waals surface area contributed by atoms with Gasteiger partial charge in [-0.05, 0) is 48.5 Å². The van der Waals surface area contributed by atoms with Crippen molar-refractivity contribution in [3.8, 4) is 0 Å². The molecule has 0 amide bonds. The van der Waals surface area contributed by atoms with Crippen molar-refractivity contribution in [3.05, 3.63) is 72.9 Å². The van der Waals surface area contributed by atoms with Crippen molar-refractivity contribution in [2.75, 3.05) is 9.03 Å². The summed E-state index contributed by atoms with van der Waals surface area (Å²) in [6.07, 6.45) is 1.64. The van der Waals surface area contributed by atoms with Gasteiger partial charge >= 0.3 is 0 Å². The van der Waals surface area contributed by atoms with Crippen LogP contribution >= 0.6 is 0 Å². The first-order valence-corrected chi connectivity index (χ1v) is 10.5. The highest BCUT2D eigenvalue weighted by molar-refractivity contribution is 8.12. The first-order chi connectivity index (χ1) is 12.4. The summed E-state index contributed by atoms with van der Waals surface area (Å²) >= 11 is 0. The van der Waals surface area contributed by atoms with Gasteiger partial charge in [-0.2, -0.15) is 20.5 Å². The van der Waals surface area contributed by atoms with Crippen LogP contribution in [0.3, 0.4) is 0 Å². The molecule has 1 aromatic heterocycles. The highest BCUT2D eigenvalue weighted by Crippen LogP contribution is 2.40. The van der Waals surface area contributed by atoms with Gasteiger partial charge in [-0.3, -0.25) is 0 Å². The summed E-state index contributed by atoms with van der Waals surface area (Å²) in [4.78, 5) is 3.71. The van der Waals surface area contributed by atoms with Gasteiger partial charge in [0.05, 0.1) is 5.69 Å². The van der Waals surface area contributed by atoms with Crippen LogP contribution in [0.15, 0.2) is 82.7 Å². The molecule has 0 radical (unpaired) electrons. The molecular formula is C17H13N3O4S2. The van der Waals surface area contributed by atoms with E-state index in [0.717, 1.165) is 0 Å². The van der Waals surface area contributed by atoms with E-state index in [9.17, 15) is 16.8 Å². The van der Waals surface area contributed by atoms with Crippen LogP contribution in [0.5, 0.6) is 0 Å². The Morgan fingerprint density at radius 3 is 1.85 bits per heavy atom. The van der Waals surface area contributed by atoms with Gasteiger partial charge in [-0.15, -0.1) is 0 Å². The van der Waals surface area contributed by atoms with E-state index < -0.39 is 20.0 Å². The molecule has 0 spiro atoms. The number of benzene rings is 2. The van der Waals surface area contributed by atoms with Crippen molar-refractivity contribution in [2.24, 2.45) is 0 Å². The Hall–Kier alpha value is -2.91. The van der Waals surface area contributed by atoms with E-state index in [4.69, 9.17) is 0 Å². The average molecular weight is 387 g/mol. The van der Waals surface area contributed by atoms with Gasteiger partial charge in [0.15, 0.2) is 0 Å². The SMILES string of the molecule is O=S1(=O)c2ccccc2S(=O)(=O)N1c1ccc(Nc2ccccn2)cc1. The van der Waals surface area contributed by atoms with Crippen LogP contribution in [0.1, 0.15) is 0 Å². The zero-order valence-electron chi connectivity index (χ0n) is 13.3. The molecule has 0 unspecified atom stereocenters. The Morgan fingerprint density at radius 1 is 0.731 bits per heavy atom. The fourth-order valence-corrected chi connectivity index (χ4v) is 7.16. The molecule has 132 valence electrons. The van der Waals surface area contributed by atoms with Crippen LogP contribution in [0.4, 0.5) is 17.2 Å². The predicted octanol–water partition coefficient (Wildman–Crippen LogP) is 2.72. The largest absolute Gasteiger partial charge is 0.340 e. The number of sulfonamides is 2. The molecule has 9 heteroatoms. The van der Waals surface area contributed by atoms with Crippen molar-refractivity contribution in [1.82, 2.24) is 4.98 Å². The van der Waals surface area contributed by atoms with E-state index in [0.29, 0.717) is 15.2 Å². The maximum absolute atomic E-state index is 12.7. The van der Waals surface area contributed by atoms with Crippen LogP contribution in [0.25, 0.3) is 0 Å². The lowest BCUT2D eigenvalue weighted by atomic mass is 10.3. The van der Waals surface area contributed by atoms with E-state index in [1.54, 1.807) is 30.5 Å². The lowest BCUT2D eigenvalue weighted by molar-refractivity contribution is 0.593. The van der Waals surface area contributed by atoms with E-state index in [1.807, 2.05) is 6.07 Å². The Labute approximate surface area is 151 Å². The fourth-order valence-electron chi connectivity index (χ4n) is 2.71. The first kappa shape index (κ1) is 16.6. The summed E-state index contributed by atoms with van der Waals surface area (Å²) in [5, 5.41) is 3.05. The molecule has 0 bridgehead atoms. The molecule has 1 aliphatic heterocycles. The van der Waals surface area contributed by atoms with Gasteiger partial charge in [0.25, 0.3) is 20.0 Å². The number of nitrogens with one attached hydrogen (secondary N) is 1. The topological polar surface area (TPSA) is 96.4 Å². The molecule has 0 saturated heterocycles. The van der Waals surface area contributed by atoms with Crippen molar-refractivity contribution in [2.45, 2.75) is 9.79 Å². The molecule has 0 saturated carbocycles. The minimum atomic E-state index is -4.17. The third-order valence-electron chi connectivity index (χ3n) is 3.86. The minimum Gasteiger partial charge on any atom is -0.340 e. The second-order valence-corrected chi connectivity index (χ2v) is 9.28. The normalized spacial score (nSPS) is 16.8. The number of pyridine rings is 1. The zero-order chi connectivity index (χ0) is 18.4. The Bertz CT molecular complexity index is 1120. The number of nitrogens with zero attached hydrogens (tertiary/aromatic N) is 2. The Morgan fingerprint density at radius 2 is 1.31 bits per heavy atom. The summed E-state index contributed by atoms with van der Waals surface area (Å²) in [6.45, 7) is 0. The van der Waals surface area contributed by atoms with Crippen LogP contribution in [-0.2, 0) is 20.0 Å². The molecule has 7 nitrogen and oxygen atoms in total. The summed E-state index contributed by atoms with van der Waals surface area (Å²) in [7, 11) is -8.33. The predicted molar refractivity (Wildman–Crippen MR) is 97.3 cm³/mol. The van der Waals surface area contributed by atoms with Crippen molar-refractivity contribution >= 4 is 37.2 Å². The van der Waals surface area contributed by atoms with Gasteiger partial charge in [0.1, 0.15) is 15.6 Å². The van der Waals surface area contributed by atoms with Gasteiger partial charge < -0.3 is 5.32 Å². The van der Waals surface area contributed by atoms with Gasteiger partial charge in [-0.1, -0.05) is 18.2 Å². The van der Waals surface area contributed by atoms with Crippen molar-refractivity contribution in [1.29, 1.82) is 0 Å². The summed E-state index contributed by atoms with van der Waals surface area (Å²) in [5.74, 6) is 0.620. The number of rotatable bonds is 3. The lowest BCUT2D eigenvalue weighted by Crippen LogP contribution is -2.29. The monoisotopic (exact) mass is 387 g/mol. The standard InChI is InChI=1S/C17H13N3O4S2/c21-25(22)15-5-1-2-6-16(15)26(23,24)20(25)14-10-8-13(9-11-14)19-17-7-3-4-12-18-17/h1-12H,(H,18,19). The molecule has 4 rings (SSSR count). The molecule has 26 heavy (non-hydrogen) atoms. The molecule has 0 fully saturated rings. The number of anilines is 3. The van der Waals surface area contributed by atoms with Crippen LogP contribution in [-0.4, -0.2) is 21.8 Å². The van der Waals surface area contributed by atoms with Gasteiger partial charge in [-0.25, -0.2) is 4.98 Å². The van der Waals surface area contributed by atoms with Crippen molar-refractivity contribution in [3.63, 3.8) is 0 Å². The molecule has 0 aliphatic carbocycles. The second kappa shape index (κ2) is 5.82. The van der Waals surface area contributed by atoms with Gasteiger partial charge in [0, 0.05) is 11.9 Å². The van der Waals surface area contributed by atoms with Gasteiger partial charge in [0.2, 0.25) is 0 Å². The second-order valence-electron chi connectivity index (χ2n) is 5.54. The molecule has 2 aromatic carbocycles. The van der Waals surface area contributed by atoms with E-state index in [2.05, 4.69) is 10.3 Å². The number of hydrogen-bond acceptors (Lipinski definition) is 6. The quantitative estimate of drug-likeness (QED) is 0.742. The zero-order valence-corrected chi connectivity index (χ0v) is 14.9. The van der Waals surface area contributed by atoms with Crippen LogP contribution in [0, 0.1) is 0 Å². The molecule has 1 N–H and O–H groups in total. The maximum Gasteiger partial charge on any atom is 0.279 e. The molecular weight excluding hydrogens is 374 g/mol.